The van der Waals surface area contributed by atoms with E-state index in [4.69, 9.17) is 9.47 Å². The zero-order valence-electron chi connectivity index (χ0n) is 15.2. The molecule has 7 nitrogen and oxygen atoms in total. The molecule has 0 atom stereocenters. The molecule has 0 unspecified atom stereocenters. The lowest BCUT2D eigenvalue weighted by atomic mass is 10.2. The first-order valence-corrected chi connectivity index (χ1v) is 11.9. The van der Waals surface area contributed by atoms with E-state index in [1.807, 2.05) is 0 Å². The fourth-order valence-electron chi connectivity index (χ4n) is 1.80. The fourth-order valence-corrected chi connectivity index (χ4v) is 2.51. The highest BCUT2D eigenvalue weighted by Gasteiger charge is 2.15. The number of carbonyl (C=O) groups is 3. The first-order valence-electron chi connectivity index (χ1n) is 8.19. The van der Waals surface area contributed by atoms with Crippen LogP contribution in [0.1, 0.15) is 17.3 Å². The molecule has 0 bridgehead atoms. The van der Waals surface area contributed by atoms with Gasteiger partial charge in [-0.15, -0.1) is 0 Å². The van der Waals surface area contributed by atoms with Crippen LogP contribution >= 0.6 is 0 Å². The lowest BCUT2D eigenvalue weighted by Crippen LogP contribution is -2.34. The number of benzene rings is 1. The van der Waals surface area contributed by atoms with E-state index in [2.05, 4.69) is 30.3 Å². The molecule has 0 aliphatic heterocycles. The molecule has 0 fully saturated rings. The summed E-state index contributed by atoms with van der Waals surface area (Å²) in [5.41, 5.74) is 0.791. The summed E-state index contributed by atoms with van der Waals surface area (Å²) >= 11 is 0. The van der Waals surface area contributed by atoms with E-state index in [1.54, 1.807) is 25.1 Å². The molecule has 0 radical (unpaired) electrons. The molecule has 1 aromatic rings. The molecule has 1 rings (SSSR count). The average molecular weight is 366 g/mol. The SMILES string of the molecule is CCOC(=O)CNC(=O)Nc1cccc(C(=O)OCC[Si](C)(C)C)c1. The number of hydrogen-bond donors (Lipinski definition) is 2. The standard InChI is InChI=1S/C17H26N2O5Si/c1-5-23-15(20)12-18-17(22)19-14-8-6-7-13(11-14)16(21)24-9-10-25(2,3)4/h6-8,11H,5,9-10,12H2,1-4H3,(H2,18,19,22). The number of ether oxygens (including phenoxy) is 2. The van der Waals surface area contributed by atoms with Gasteiger partial charge in [0.15, 0.2) is 0 Å². The smallest absolute Gasteiger partial charge is 0.338 e. The molecule has 0 saturated carbocycles. The van der Waals surface area contributed by atoms with Crippen molar-refractivity contribution in [2.75, 3.05) is 25.1 Å². The van der Waals surface area contributed by atoms with Crippen LogP contribution in [0, 0.1) is 0 Å². The Morgan fingerprint density at radius 2 is 1.84 bits per heavy atom. The van der Waals surface area contributed by atoms with Crippen molar-refractivity contribution in [2.45, 2.75) is 32.6 Å². The molecule has 0 heterocycles. The Labute approximate surface area is 149 Å². The summed E-state index contributed by atoms with van der Waals surface area (Å²) in [5, 5.41) is 4.94. The van der Waals surface area contributed by atoms with Gasteiger partial charge in [0.2, 0.25) is 0 Å². The predicted octanol–water partition coefficient (Wildman–Crippen LogP) is 2.87. The minimum atomic E-state index is -1.26. The molecular weight excluding hydrogens is 340 g/mol. The molecule has 0 aliphatic rings. The summed E-state index contributed by atoms with van der Waals surface area (Å²) < 4.78 is 9.99. The van der Waals surface area contributed by atoms with Crippen molar-refractivity contribution in [3.8, 4) is 0 Å². The van der Waals surface area contributed by atoms with E-state index in [9.17, 15) is 14.4 Å². The van der Waals surface area contributed by atoms with E-state index in [1.165, 1.54) is 6.07 Å². The van der Waals surface area contributed by atoms with E-state index in [0.29, 0.717) is 17.9 Å². The fraction of sp³-hybridized carbons (Fsp3) is 0.471. The number of carbonyl (C=O) groups excluding carboxylic acids is 3. The Hall–Kier alpha value is -2.35. The lowest BCUT2D eigenvalue weighted by Gasteiger charge is -2.15. The van der Waals surface area contributed by atoms with E-state index in [0.717, 1.165) is 6.04 Å². The molecule has 0 aliphatic carbocycles. The highest BCUT2D eigenvalue weighted by atomic mass is 28.3. The Morgan fingerprint density at radius 3 is 2.48 bits per heavy atom. The number of anilines is 1. The van der Waals surface area contributed by atoms with Gasteiger partial charge in [-0.2, -0.15) is 0 Å². The summed E-state index contributed by atoms with van der Waals surface area (Å²) in [5.74, 6) is -0.939. The molecular formula is C17H26N2O5Si. The first kappa shape index (κ1) is 20.7. The van der Waals surface area contributed by atoms with Crippen LogP contribution in [-0.2, 0) is 14.3 Å². The van der Waals surface area contributed by atoms with Gasteiger partial charge in [0, 0.05) is 13.8 Å². The zero-order valence-corrected chi connectivity index (χ0v) is 16.2. The Kier molecular flexibility index (Phi) is 8.13. The summed E-state index contributed by atoms with van der Waals surface area (Å²) in [6.45, 7) is 8.74. The van der Waals surface area contributed by atoms with Crippen molar-refractivity contribution in [1.29, 1.82) is 0 Å². The first-order chi connectivity index (χ1) is 11.7. The summed E-state index contributed by atoms with van der Waals surface area (Å²) in [4.78, 5) is 35.0. The van der Waals surface area contributed by atoms with Gasteiger partial charge in [-0.05, 0) is 31.2 Å². The van der Waals surface area contributed by atoms with Gasteiger partial charge in [0.05, 0.1) is 18.8 Å². The second kappa shape index (κ2) is 9.82. The van der Waals surface area contributed by atoms with Crippen molar-refractivity contribution >= 4 is 31.7 Å². The van der Waals surface area contributed by atoms with Gasteiger partial charge < -0.3 is 20.1 Å². The minimum Gasteiger partial charge on any atom is -0.465 e. The number of esters is 2. The van der Waals surface area contributed by atoms with Crippen LogP contribution in [-0.4, -0.2) is 45.8 Å². The molecule has 1 aromatic carbocycles. The van der Waals surface area contributed by atoms with Crippen molar-refractivity contribution in [3.63, 3.8) is 0 Å². The quantitative estimate of drug-likeness (QED) is 0.545. The maximum Gasteiger partial charge on any atom is 0.338 e. The predicted molar refractivity (Wildman–Crippen MR) is 98.5 cm³/mol. The number of hydrogen-bond acceptors (Lipinski definition) is 5. The molecule has 25 heavy (non-hydrogen) atoms. The van der Waals surface area contributed by atoms with Crippen LogP contribution < -0.4 is 10.6 Å². The molecule has 0 spiro atoms. The van der Waals surface area contributed by atoms with Crippen LogP contribution in [0.15, 0.2) is 24.3 Å². The van der Waals surface area contributed by atoms with Gasteiger partial charge >= 0.3 is 18.0 Å². The molecule has 138 valence electrons. The maximum atomic E-state index is 12.1. The normalized spacial score (nSPS) is 10.7. The minimum absolute atomic E-state index is 0.224. The Balaban J connectivity index is 2.52. The van der Waals surface area contributed by atoms with E-state index < -0.39 is 26.0 Å². The lowest BCUT2D eigenvalue weighted by molar-refractivity contribution is -0.141. The monoisotopic (exact) mass is 366 g/mol. The highest BCUT2D eigenvalue weighted by Crippen LogP contribution is 2.13. The van der Waals surface area contributed by atoms with Crippen molar-refractivity contribution in [1.82, 2.24) is 5.32 Å². The van der Waals surface area contributed by atoms with Crippen LogP contribution in [0.4, 0.5) is 10.5 Å². The average Bonchev–Trinajstić information content (AvgIpc) is 2.52. The summed E-state index contributed by atoms with van der Waals surface area (Å²) in [7, 11) is -1.26. The Bertz CT molecular complexity index is 613. The molecule has 8 heteroatoms. The van der Waals surface area contributed by atoms with Gasteiger partial charge in [0.1, 0.15) is 6.54 Å². The zero-order chi connectivity index (χ0) is 18.9. The van der Waals surface area contributed by atoms with Gasteiger partial charge in [-0.3, -0.25) is 4.79 Å². The largest absolute Gasteiger partial charge is 0.465 e. The second-order valence-corrected chi connectivity index (χ2v) is 12.3. The van der Waals surface area contributed by atoms with E-state index >= 15 is 0 Å². The molecule has 0 aromatic heterocycles. The van der Waals surface area contributed by atoms with Gasteiger partial charge in [-0.1, -0.05) is 25.7 Å². The highest BCUT2D eigenvalue weighted by molar-refractivity contribution is 6.76. The third-order valence-corrected chi connectivity index (χ3v) is 4.84. The Morgan fingerprint density at radius 1 is 1.12 bits per heavy atom. The molecule has 2 N–H and O–H groups in total. The molecule has 2 amide bonds. The van der Waals surface area contributed by atoms with Crippen molar-refractivity contribution in [3.05, 3.63) is 29.8 Å². The summed E-state index contributed by atoms with van der Waals surface area (Å²) in [6.07, 6.45) is 0. The van der Waals surface area contributed by atoms with Gasteiger partial charge in [0.25, 0.3) is 0 Å². The number of nitrogens with one attached hydrogen (secondary N) is 2. The molecule has 0 saturated heterocycles. The number of rotatable bonds is 8. The topological polar surface area (TPSA) is 93.7 Å². The third kappa shape index (κ3) is 8.90. The maximum absolute atomic E-state index is 12.1. The van der Waals surface area contributed by atoms with Crippen LogP contribution in [0.3, 0.4) is 0 Å². The van der Waals surface area contributed by atoms with Crippen molar-refractivity contribution < 1.29 is 23.9 Å². The van der Waals surface area contributed by atoms with Gasteiger partial charge in [-0.25, -0.2) is 9.59 Å². The van der Waals surface area contributed by atoms with Crippen LogP contribution in [0.25, 0.3) is 0 Å². The third-order valence-electron chi connectivity index (χ3n) is 3.14. The van der Waals surface area contributed by atoms with E-state index in [-0.39, 0.29) is 13.2 Å². The second-order valence-electron chi connectivity index (χ2n) is 6.64. The van der Waals surface area contributed by atoms with Crippen molar-refractivity contribution in [2.24, 2.45) is 0 Å². The van der Waals surface area contributed by atoms with Crippen LogP contribution in [0.5, 0.6) is 0 Å². The van der Waals surface area contributed by atoms with Crippen LogP contribution in [0.2, 0.25) is 25.7 Å². The number of urea groups is 1. The summed E-state index contributed by atoms with van der Waals surface area (Å²) in [6, 6.07) is 6.78. The number of amides is 2.